The Kier molecular flexibility index (Phi) is 19.7. The van der Waals surface area contributed by atoms with Crippen LogP contribution in [0.4, 0.5) is 0 Å². The summed E-state index contributed by atoms with van der Waals surface area (Å²) in [6, 6.07) is 0. The Morgan fingerprint density at radius 1 is 0.826 bits per heavy atom. The van der Waals surface area contributed by atoms with Gasteiger partial charge in [-0.1, -0.05) is 84.0 Å². The number of unbranched alkanes of at least 4 members (excludes halogenated alkanes) is 11. The molecule has 0 saturated carbocycles. The Labute approximate surface area is 186 Å². The van der Waals surface area contributed by atoms with Crippen LogP contribution in [0.15, 0.2) is 0 Å². The summed E-state index contributed by atoms with van der Waals surface area (Å²) in [5.74, 6) is 0. The average molecular weight is 375 g/mol. The van der Waals surface area contributed by atoms with Gasteiger partial charge in [0, 0.05) is 0 Å². The van der Waals surface area contributed by atoms with Gasteiger partial charge in [-0.3, -0.25) is 0 Å². The van der Waals surface area contributed by atoms with Gasteiger partial charge in [-0.2, -0.15) is 0 Å². The molecule has 134 valence electrons. The van der Waals surface area contributed by atoms with Gasteiger partial charge in [0.15, 0.2) is 0 Å². The zero-order chi connectivity index (χ0) is 16.8. The first-order valence-electron chi connectivity index (χ1n) is 9.02. The Hall–Kier alpha value is 1.51. The first kappa shape index (κ1) is 26.7. The molecule has 2 atom stereocenters. The molecule has 0 aliphatic carbocycles. The van der Waals surface area contributed by atoms with E-state index < -0.39 is 21.5 Å². The van der Waals surface area contributed by atoms with E-state index in [1.165, 1.54) is 64.7 Å². The van der Waals surface area contributed by atoms with E-state index in [1.54, 1.807) is 0 Å². The summed E-state index contributed by atoms with van der Waals surface area (Å²) in [5.41, 5.74) is 0. The third kappa shape index (κ3) is 16.7. The molecule has 23 heavy (non-hydrogen) atoms. The first-order chi connectivity index (χ1) is 10.4. The van der Waals surface area contributed by atoms with Gasteiger partial charge in [0.05, 0.1) is 21.5 Å². The fourth-order valence-corrected chi connectivity index (χ4v) is 3.14. The van der Waals surface area contributed by atoms with E-state index in [0.717, 1.165) is 19.3 Å². The topological polar surface area (TPSA) is 77.4 Å². The maximum absolute atomic E-state index is 10.8. The van der Waals surface area contributed by atoms with E-state index in [9.17, 15) is 18.1 Å². The van der Waals surface area contributed by atoms with Crippen molar-refractivity contribution in [1.29, 1.82) is 0 Å². The quantitative estimate of drug-likeness (QED) is 0.267. The second-order valence-corrected chi connectivity index (χ2v) is 8.17. The van der Waals surface area contributed by atoms with Crippen LogP contribution < -0.4 is 51.4 Å². The van der Waals surface area contributed by atoms with Gasteiger partial charge in [-0.25, -0.2) is 8.42 Å². The minimum absolute atomic E-state index is 0. The molecule has 0 heterocycles. The molecule has 0 fully saturated rings. The zero-order valence-corrected chi connectivity index (χ0v) is 19.4. The van der Waals surface area contributed by atoms with Crippen LogP contribution in [-0.2, 0) is 10.1 Å². The molecule has 0 spiro atoms. The van der Waals surface area contributed by atoms with Crippen molar-refractivity contribution in [2.75, 3.05) is 0 Å². The first-order valence-corrected chi connectivity index (χ1v) is 10.5. The molecule has 0 bridgehead atoms. The largest absolute Gasteiger partial charge is 1.00 e. The maximum atomic E-state index is 10.8. The predicted molar refractivity (Wildman–Crippen MR) is 90.9 cm³/mol. The van der Waals surface area contributed by atoms with Gasteiger partial charge < -0.3 is 9.66 Å². The summed E-state index contributed by atoms with van der Waals surface area (Å²) < 4.78 is 32.3. The minimum Gasteiger partial charge on any atom is -0.748 e. The van der Waals surface area contributed by atoms with Gasteiger partial charge in [-0.05, 0) is 13.3 Å². The smallest absolute Gasteiger partial charge is 0.748 e. The maximum Gasteiger partial charge on any atom is 1.00 e. The van der Waals surface area contributed by atoms with Gasteiger partial charge in [0.25, 0.3) is 0 Å². The summed E-state index contributed by atoms with van der Waals surface area (Å²) in [5, 5.41) is 8.44. The number of hydrogen-bond donors (Lipinski definition) is 1. The molecule has 2 unspecified atom stereocenters. The van der Waals surface area contributed by atoms with Crippen molar-refractivity contribution in [3.8, 4) is 0 Å². The normalized spacial score (nSPS) is 14.3. The summed E-state index contributed by atoms with van der Waals surface area (Å²) in [6.07, 6.45) is 14.2. The fraction of sp³-hybridized carbons (Fsp3) is 1.00. The molecule has 0 aliphatic heterocycles. The molecule has 1 N–H and O–H groups in total. The Morgan fingerprint density at radius 3 is 1.52 bits per heavy atom. The van der Waals surface area contributed by atoms with Crippen LogP contribution in [0.3, 0.4) is 0 Å². The van der Waals surface area contributed by atoms with Crippen LogP contribution in [0.25, 0.3) is 0 Å². The number of rotatable bonds is 15. The summed E-state index contributed by atoms with van der Waals surface area (Å²) >= 11 is 0. The molecule has 0 radical (unpaired) electrons. The van der Waals surface area contributed by atoms with Crippen LogP contribution in [0.1, 0.15) is 97.3 Å². The minimum atomic E-state index is -4.37. The third-order valence-corrected chi connectivity index (χ3v) is 5.58. The van der Waals surface area contributed by atoms with Gasteiger partial charge >= 0.3 is 51.4 Å². The van der Waals surface area contributed by atoms with Gasteiger partial charge in [0.1, 0.15) is 0 Å². The van der Waals surface area contributed by atoms with E-state index in [-0.39, 0.29) is 51.4 Å². The van der Waals surface area contributed by atoms with E-state index in [0.29, 0.717) is 6.42 Å². The van der Waals surface area contributed by atoms with Gasteiger partial charge in [0.2, 0.25) is 0 Å². The number of hydrogen-bond acceptors (Lipinski definition) is 4. The van der Waals surface area contributed by atoms with E-state index >= 15 is 0 Å². The van der Waals surface area contributed by atoms with Crippen LogP contribution in [0, 0.1) is 0 Å². The van der Waals surface area contributed by atoms with E-state index in [4.69, 9.17) is 0 Å². The molecule has 6 heteroatoms. The summed E-state index contributed by atoms with van der Waals surface area (Å²) in [4.78, 5) is 0. The average Bonchev–Trinajstić information content (AvgIpc) is 2.46. The molecule has 0 aromatic carbocycles. The van der Waals surface area contributed by atoms with Crippen molar-refractivity contribution in [2.24, 2.45) is 0 Å². The Balaban J connectivity index is 0. The molecular formula is C17H35KO4S. The van der Waals surface area contributed by atoms with Crippen molar-refractivity contribution in [3.05, 3.63) is 0 Å². The summed E-state index contributed by atoms with van der Waals surface area (Å²) in [7, 11) is -4.37. The molecule has 0 amide bonds. The van der Waals surface area contributed by atoms with Gasteiger partial charge in [-0.15, -0.1) is 0 Å². The van der Waals surface area contributed by atoms with Crippen LogP contribution in [-0.4, -0.2) is 29.4 Å². The predicted octanol–water partition coefficient (Wildman–Crippen LogP) is 1.38. The molecule has 0 aromatic rings. The van der Waals surface area contributed by atoms with Crippen molar-refractivity contribution < 1.29 is 69.5 Å². The number of aliphatic hydroxyl groups is 1. The SMILES string of the molecule is CCCCCCCCCCCCCCC(O)C(C)S(=O)(=O)[O-].[K+]. The van der Waals surface area contributed by atoms with E-state index in [2.05, 4.69) is 6.92 Å². The zero-order valence-electron chi connectivity index (χ0n) is 15.4. The third-order valence-electron chi connectivity index (χ3n) is 4.35. The molecule has 0 aliphatic rings. The monoisotopic (exact) mass is 374 g/mol. The van der Waals surface area contributed by atoms with Crippen LogP contribution >= 0.6 is 0 Å². The van der Waals surface area contributed by atoms with Crippen molar-refractivity contribution in [2.45, 2.75) is 109 Å². The van der Waals surface area contributed by atoms with Crippen LogP contribution in [0.2, 0.25) is 0 Å². The Bertz CT molecular complexity index is 347. The standard InChI is InChI=1S/C17H36O4S.K/c1-3-4-5-6-7-8-9-10-11-12-13-14-15-17(18)16(2)22(19,20)21;/h16-18H,3-15H2,1-2H3,(H,19,20,21);/q;+1/p-1. The van der Waals surface area contributed by atoms with E-state index in [1.807, 2.05) is 0 Å². The summed E-state index contributed by atoms with van der Waals surface area (Å²) in [6.45, 7) is 3.52. The molecule has 4 nitrogen and oxygen atoms in total. The molecule has 0 aromatic heterocycles. The molecule has 0 saturated heterocycles. The molecular weight excluding hydrogens is 339 g/mol. The van der Waals surface area contributed by atoms with Crippen LogP contribution in [0.5, 0.6) is 0 Å². The van der Waals surface area contributed by atoms with Crippen molar-refractivity contribution >= 4 is 10.1 Å². The molecule has 0 rings (SSSR count). The van der Waals surface area contributed by atoms with Crippen molar-refractivity contribution in [1.82, 2.24) is 0 Å². The second kappa shape index (κ2) is 16.9. The number of aliphatic hydroxyl groups excluding tert-OH is 1. The fourth-order valence-electron chi connectivity index (χ4n) is 2.62. The van der Waals surface area contributed by atoms with Crippen molar-refractivity contribution in [3.63, 3.8) is 0 Å². The second-order valence-electron chi connectivity index (χ2n) is 6.44. The Morgan fingerprint density at radius 2 is 1.17 bits per heavy atom.